The van der Waals surface area contributed by atoms with Gasteiger partial charge in [0.25, 0.3) is 0 Å². The van der Waals surface area contributed by atoms with Crippen molar-refractivity contribution in [1.82, 2.24) is 0 Å². The zero-order valence-corrected chi connectivity index (χ0v) is 8.67. The minimum Gasteiger partial charge on any atom is -0.368 e. The first-order valence-electron chi connectivity index (χ1n) is 3.53. The normalized spacial score (nSPS) is 29.2. The van der Waals surface area contributed by atoms with Gasteiger partial charge < -0.3 is 5.73 Å². The number of hydrogen-bond donors (Lipinski definition) is 2. The van der Waals surface area contributed by atoms with E-state index in [-0.39, 0.29) is 11.5 Å². The van der Waals surface area contributed by atoms with Crippen molar-refractivity contribution in [2.45, 2.75) is 11.2 Å². The maximum Gasteiger partial charge on any atom is 0.245 e. The lowest BCUT2D eigenvalue weighted by Crippen LogP contribution is -2.52. The van der Waals surface area contributed by atoms with Gasteiger partial charge in [0.2, 0.25) is 5.91 Å². The summed E-state index contributed by atoms with van der Waals surface area (Å²) >= 11 is 1.06. The molecule has 3 N–H and O–H groups in total. The summed E-state index contributed by atoms with van der Waals surface area (Å²) in [6.07, 6.45) is 1.06. The lowest BCUT2D eigenvalue weighted by molar-refractivity contribution is -0.118. The van der Waals surface area contributed by atoms with Gasteiger partial charge in [-0.1, -0.05) is 0 Å². The molecule has 13 heavy (non-hydrogen) atoms. The van der Waals surface area contributed by atoms with Crippen LogP contribution >= 0.6 is 11.8 Å². The molecule has 1 atom stereocenters. The Kier molecular flexibility index (Phi) is 2.42. The van der Waals surface area contributed by atoms with Gasteiger partial charge >= 0.3 is 0 Å². The average molecular weight is 222 g/mol. The molecule has 0 spiro atoms. The zero-order valence-electron chi connectivity index (χ0n) is 7.03. The Morgan fingerprint density at radius 2 is 2.23 bits per heavy atom. The number of thioether (sulfide) groups is 1. The second kappa shape index (κ2) is 2.98. The van der Waals surface area contributed by atoms with E-state index in [2.05, 4.69) is 0 Å². The lowest BCUT2D eigenvalue weighted by Gasteiger charge is -2.21. The van der Waals surface area contributed by atoms with E-state index in [0.717, 1.165) is 18.0 Å². The van der Waals surface area contributed by atoms with Crippen LogP contribution in [0.4, 0.5) is 0 Å². The number of nitrogens with two attached hydrogens (primary N) is 1. The molecule has 1 saturated heterocycles. The van der Waals surface area contributed by atoms with Crippen LogP contribution in [0.2, 0.25) is 0 Å². The van der Waals surface area contributed by atoms with E-state index < -0.39 is 20.5 Å². The Bertz CT molecular complexity index is 362. The Morgan fingerprint density at radius 1 is 1.69 bits per heavy atom. The van der Waals surface area contributed by atoms with Crippen molar-refractivity contribution in [1.29, 1.82) is 5.41 Å². The second-order valence-corrected chi connectivity index (χ2v) is 6.24. The number of carbonyl (C=O) groups is 1. The highest BCUT2D eigenvalue weighted by molar-refractivity contribution is 8.16. The van der Waals surface area contributed by atoms with E-state index >= 15 is 0 Å². The number of primary amides is 1. The topological polar surface area (TPSA) is 101 Å². The summed E-state index contributed by atoms with van der Waals surface area (Å²) in [5.74, 6) is -0.487. The largest absolute Gasteiger partial charge is 0.368 e. The third-order valence-corrected chi connectivity index (χ3v) is 5.15. The Hall–Kier alpha value is -0.560. The molecule has 1 heterocycles. The van der Waals surface area contributed by atoms with Crippen molar-refractivity contribution < 1.29 is 13.2 Å². The fourth-order valence-corrected chi connectivity index (χ4v) is 4.28. The number of sulfone groups is 1. The quantitative estimate of drug-likeness (QED) is 0.649. The van der Waals surface area contributed by atoms with Crippen LogP contribution in [0.3, 0.4) is 0 Å². The van der Waals surface area contributed by atoms with Crippen LogP contribution in [0.5, 0.6) is 0 Å². The summed E-state index contributed by atoms with van der Waals surface area (Å²) in [6.45, 7) is 0. The number of amides is 1. The molecule has 0 aromatic carbocycles. The molecule has 1 rings (SSSR count). The number of hydrogen-bond acceptors (Lipinski definition) is 5. The van der Waals surface area contributed by atoms with Crippen LogP contribution in [-0.2, 0) is 14.6 Å². The lowest BCUT2D eigenvalue weighted by atomic mass is 10.1. The minimum absolute atomic E-state index is 0.116. The molecule has 1 aliphatic rings. The molecule has 74 valence electrons. The summed E-state index contributed by atoms with van der Waals surface area (Å²) in [7, 11) is -3.63. The summed E-state index contributed by atoms with van der Waals surface area (Å²) in [6, 6.07) is 0. The average Bonchev–Trinajstić information content (AvgIpc) is 2.29. The summed E-state index contributed by atoms with van der Waals surface area (Å²) in [4.78, 5) is 11.1. The Balaban J connectivity index is 3.33. The van der Waals surface area contributed by atoms with Gasteiger partial charge in [0.15, 0.2) is 14.6 Å². The number of nitrogens with one attached hydrogen (secondary N) is 1. The molecule has 1 amide bonds. The van der Waals surface area contributed by atoms with Crippen molar-refractivity contribution in [3.63, 3.8) is 0 Å². The molecule has 7 heteroatoms. The monoisotopic (exact) mass is 222 g/mol. The predicted molar refractivity (Wildman–Crippen MR) is 51.6 cm³/mol. The van der Waals surface area contributed by atoms with E-state index in [0.29, 0.717) is 5.75 Å². The smallest absolute Gasteiger partial charge is 0.245 e. The van der Waals surface area contributed by atoms with E-state index in [1.165, 1.54) is 0 Å². The Labute approximate surface area is 80.5 Å². The molecule has 0 aromatic heterocycles. The Morgan fingerprint density at radius 3 is 2.38 bits per heavy atom. The van der Waals surface area contributed by atoms with E-state index in [1.54, 1.807) is 0 Å². The van der Waals surface area contributed by atoms with Crippen molar-refractivity contribution in [3.05, 3.63) is 0 Å². The van der Waals surface area contributed by atoms with Crippen LogP contribution in [0.25, 0.3) is 0 Å². The highest BCUT2D eigenvalue weighted by Crippen LogP contribution is 2.36. The maximum absolute atomic E-state index is 11.4. The number of rotatable bonds is 2. The zero-order chi connectivity index (χ0) is 10.3. The van der Waals surface area contributed by atoms with Crippen LogP contribution < -0.4 is 5.73 Å². The van der Waals surface area contributed by atoms with E-state index in [9.17, 15) is 13.2 Å². The van der Waals surface area contributed by atoms with Crippen molar-refractivity contribution in [2.75, 3.05) is 12.0 Å². The first-order chi connectivity index (χ1) is 5.82. The molecular formula is C6H10N2O3S2. The van der Waals surface area contributed by atoms with Gasteiger partial charge in [-0.05, 0) is 6.42 Å². The molecule has 0 radical (unpaired) electrons. The minimum atomic E-state index is -3.63. The van der Waals surface area contributed by atoms with Crippen molar-refractivity contribution in [2.24, 2.45) is 5.73 Å². The SMILES string of the molecule is CS(=O)(=O)C1(C(N)=O)CCSC1=N. The summed E-state index contributed by atoms with van der Waals surface area (Å²) in [5.41, 5.74) is 5.04. The fourth-order valence-electron chi connectivity index (χ4n) is 1.30. The highest BCUT2D eigenvalue weighted by atomic mass is 32.2. The van der Waals surface area contributed by atoms with Gasteiger partial charge in [-0.3, -0.25) is 10.2 Å². The highest BCUT2D eigenvalue weighted by Gasteiger charge is 2.54. The molecule has 5 nitrogen and oxygen atoms in total. The van der Waals surface area contributed by atoms with E-state index in [4.69, 9.17) is 11.1 Å². The predicted octanol–water partition coefficient (Wildman–Crippen LogP) is -0.631. The molecule has 1 aliphatic heterocycles. The van der Waals surface area contributed by atoms with Crippen molar-refractivity contribution >= 4 is 32.6 Å². The molecule has 0 aromatic rings. The second-order valence-electron chi connectivity index (χ2n) is 2.89. The standard InChI is InChI=1S/C6H10N2O3S2/c1-13(10,11)6(4(7)9)2-3-12-5(6)8/h8H,2-3H2,1H3,(H2,7,9). The van der Waals surface area contributed by atoms with Crippen LogP contribution in [-0.4, -0.2) is 36.1 Å². The van der Waals surface area contributed by atoms with Gasteiger partial charge in [-0.2, -0.15) is 0 Å². The third kappa shape index (κ3) is 1.35. The summed E-state index contributed by atoms with van der Waals surface area (Å²) < 4.78 is 21.0. The molecule has 0 aliphatic carbocycles. The molecule has 0 bridgehead atoms. The summed E-state index contributed by atoms with van der Waals surface area (Å²) in [5, 5.41) is 7.27. The first-order valence-corrected chi connectivity index (χ1v) is 6.41. The molecule has 1 fully saturated rings. The van der Waals surface area contributed by atoms with Gasteiger partial charge in [0.1, 0.15) is 0 Å². The third-order valence-electron chi connectivity index (χ3n) is 2.10. The number of carbonyl (C=O) groups excluding carboxylic acids is 1. The van der Waals surface area contributed by atoms with Crippen LogP contribution in [0.1, 0.15) is 6.42 Å². The molecule has 0 saturated carbocycles. The van der Waals surface area contributed by atoms with Gasteiger partial charge in [0.05, 0.1) is 5.04 Å². The van der Waals surface area contributed by atoms with E-state index in [1.807, 2.05) is 0 Å². The molecular weight excluding hydrogens is 212 g/mol. The van der Waals surface area contributed by atoms with Gasteiger partial charge in [-0.25, -0.2) is 8.42 Å². The van der Waals surface area contributed by atoms with Gasteiger partial charge in [0, 0.05) is 12.0 Å². The molecule has 1 unspecified atom stereocenters. The van der Waals surface area contributed by atoms with Gasteiger partial charge in [-0.15, -0.1) is 11.8 Å². The van der Waals surface area contributed by atoms with Crippen LogP contribution in [0, 0.1) is 5.41 Å². The first kappa shape index (κ1) is 10.5. The van der Waals surface area contributed by atoms with Crippen molar-refractivity contribution in [3.8, 4) is 0 Å². The van der Waals surface area contributed by atoms with Crippen LogP contribution in [0.15, 0.2) is 0 Å². The fraction of sp³-hybridized carbons (Fsp3) is 0.667. The maximum atomic E-state index is 11.4.